The van der Waals surface area contributed by atoms with E-state index in [1.54, 1.807) is 22.3 Å². The van der Waals surface area contributed by atoms with Crippen LogP contribution in [0.15, 0.2) is 61.2 Å². The van der Waals surface area contributed by atoms with Crippen molar-refractivity contribution in [2.24, 2.45) is 0 Å². The Hall–Kier alpha value is -3.06. The highest BCUT2D eigenvalue weighted by Crippen LogP contribution is 2.22. The summed E-state index contributed by atoms with van der Waals surface area (Å²) in [5.41, 5.74) is 2.71. The molecule has 26 heavy (non-hydrogen) atoms. The molecule has 0 saturated carbocycles. The zero-order valence-electron chi connectivity index (χ0n) is 14.0. The van der Waals surface area contributed by atoms with Crippen molar-refractivity contribution in [3.05, 3.63) is 66.2 Å². The van der Waals surface area contributed by atoms with E-state index in [9.17, 15) is 4.79 Å². The Morgan fingerprint density at radius 2 is 1.96 bits per heavy atom. The lowest BCUT2D eigenvalue weighted by molar-refractivity contribution is -0.116. The van der Waals surface area contributed by atoms with E-state index in [4.69, 9.17) is 0 Å². The van der Waals surface area contributed by atoms with E-state index in [-0.39, 0.29) is 5.91 Å². The van der Waals surface area contributed by atoms with Gasteiger partial charge in [0.05, 0.1) is 20.9 Å². The topological polar surface area (TPSA) is 72.7 Å². The third-order valence-electron chi connectivity index (χ3n) is 3.97. The summed E-state index contributed by atoms with van der Waals surface area (Å²) in [6.07, 6.45) is 5.19. The number of amides is 1. The first kappa shape index (κ1) is 16.4. The molecule has 2 aromatic heterocycles. The quantitative estimate of drug-likeness (QED) is 0.565. The maximum atomic E-state index is 12.1. The van der Waals surface area contributed by atoms with Crippen LogP contribution < -0.4 is 5.32 Å². The highest BCUT2D eigenvalue weighted by atomic mass is 32.1. The third-order valence-corrected chi connectivity index (χ3v) is 5.06. The number of hydrogen-bond acceptors (Lipinski definition) is 5. The molecule has 0 atom stereocenters. The highest BCUT2D eigenvalue weighted by Gasteiger charge is 2.06. The van der Waals surface area contributed by atoms with Gasteiger partial charge in [0.25, 0.3) is 0 Å². The zero-order chi connectivity index (χ0) is 17.8. The normalized spacial score (nSPS) is 10.9. The van der Waals surface area contributed by atoms with Gasteiger partial charge in [-0.15, -0.1) is 11.3 Å². The number of anilines is 1. The van der Waals surface area contributed by atoms with E-state index in [1.165, 1.54) is 11.0 Å². The SMILES string of the molecule is O=C(CCCc1nc2ccccc2s1)Nc1ccc(-n2cncn2)cc1. The maximum Gasteiger partial charge on any atom is 0.224 e. The minimum absolute atomic E-state index is 0.0135. The molecule has 4 rings (SSSR count). The fraction of sp³-hybridized carbons (Fsp3) is 0.158. The number of fused-ring (bicyclic) bond motifs is 1. The summed E-state index contributed by atoms with van der Waals surface area (Å²) in [6.45, 7) is 0. The largest absolute Gasteiger partial charge is 0.326 e. The van der Waals surface area contributed by atoms with Crippen LogP contribution in [0.4, 0.5) is 5.69 Å². The number of benzene rings is 2. The Balaban J connectivity index is 1.28. The predicted molar refractivity (Wildman–Crippen MR) is 103 cm³/mol. The van der Waals surface area contributed by atoms with Gasteiger partial charge < -0.3 is 5.32 Å². The second kappa shape index (κ2) is 7.45. The van der Waals surface area contributed by atoms with Crippen LogP contribution in [0.2, 0.25) is 0 Å². The molecule has 4 aromatic rings. The number of thiazole rings is 1. The van der Waals surface area contributed by atoms with Crippen molar-refractivity contribution in [3.8, 4) is 5.69 Å². The Labute approximate surface area is 154 Å². The van der Waals surface area contributed by atoms with Crippen molar-refractivity contribution < 1.29 is 4.79 Å². The summed E-state index contributed by atoms with van der Waals surface area (Å²) >= 11 is 1.70. The van der Waals surface area contributed by atoms with E-state index < -0.39 is 0 Å². The molecular weight excluding hydrogens is 346 g/mol. The van der Waals surface area contributed by atoms with Crippen molar-refractivity contribution >= 4 is 33.1 Å². The molecule has 0 unspecified atom stereocenters. The Morgan fingerprint density at radius 1 is 1.12 bits per heavy atom. The Morgan fingerprint density at radius 3 is 2.73 bits per heavy atom. The van der Waals surface area contributed by atoms with E-state index in [0.717, 1.165) is 34.7 Å². The summed E-state index contributed by atoms with van der Waals surface area (Å²) in [5.74, 6) is 0.0135. The predicted octanol–water partition coefficient (Wildman–Crippen LogP) is 3.84. The molecule has 0 aliphatic rings. The number of carbonyl (C=O) groups is 1. The summed E-state index contributed by atoms with van der Waals surface area (Å²) in [6, 6.07) is 15.6. The minimum Gasteiger partial charge on any atom is -0.326 e. The third kappa shape index (κ3) is 3.78. The van der Waals surface area contributed by atoms with Crippen molar-refractivity contribution in [3.63, 3.8) is 0 Å². The van der Waals surface area contributed by atoms with Gasteiger partial charge >= 0.3 is 0 Å². The molecule has 0 fully saturated rings. The smallest absolute Gasteiger partial charge is 0.224 e. The lowest BCUT2D eigenvalue weighted by Crippen LogP contribution is -2.11. The molecule has 1 amide bonds. The lowest BCUT2D eigenvalue weighted by Gasteiger charge is -2.06. The number of para-hydroxylation sites is 1. The Kier molecular flexibility index (Phi) is 4.70. The van der Waals surface area contributed by atoms with Crippen LogP contribution in [0.1, 0.15) is 17.8 Å². The average molecular weight is 363 g/mol. The van der Waals surface area contributed by atoms with E-state index >= 15 is 0 Å². The van der Waals surface area contributed by atoms with Crippen LogP contribution in [-0.4, -0.2) is 25.7 Å². The number of aryl methyl sites for hydroxylation is 1. The van der Waals surface area contributed by atoms with E-state index in [2.05, 4.69) is 26.4 Å². The molecule has 0 aliphatic heterocycles. The van der Waals surface area contributed by atoms with Gasteiger partial charge in [-0.1, -0.05) is 12.1 Å². The molecule has 2 heterocycles. The van der Waals surface area contributed by atoms with Gasteiger partial charge in [-0.05, 0) is 49.2 Å². The molecular formula is C19H17N5OS. The van der Waals surface area contributed by atoms with Gasteiger partial charge in [-0.3, -0.25) is 4.79 Å². The van der Waals surface area contributed by atoms with Crippen molar-refractivity contribution in [2.45, 2.75) is 19.3 Å². The summed E-state index contributed by atoms with van der Waals surface area (Å²) in [5, 5.41) is 8.08. The maximum absolute atomic E-state index is 12.1. The molecule has 7 heteroatoms. The van der Waals surface area contributed by atoms with Crippen LogP contribution >= 0.6 is 11.3 Å². The van der Waals surface area contributed by atoms with Gasteiger partial charge in [0.1, 0.15) is 12.7 Å². The fourth-order valence-corrected chi connectivity index (χ4v) is 3.70. The first-order chi connectivity index (χ1) is 12.8. The molecule has 130 valence electrons. The number of carbonyl (C=O) groups excluding carboxylic acids is 1. The van der Waals surface area contributed by atoms with Crippen LogP contribution in [0.5, 0.6) is 0 Å². The minimum atomic E-state index is 0.0135. The summed E-state index contributed by atoms with van der Waals surface area (Å²) < 4.78 is 2.86. The summed E-state index contributed by atoms with van der Waals surface area (Å²) in [4.78, 5) is 20.7. The number of rotatable bonds is 6. The zero-order valence-corrected chi connectivity index (χ0v) is 14.8. The number of aromatic nitrogens is 4. The Bertz CT molecular complexity index is 975. The molecule has 0 radical (unpaired) electrons. The number of nitrogens with one attached hydrogen (secondary N) is 1. The molecule has 6 nitrogen and oxygen atoms in total. The molecule has 0 saturated heterocycles. The van der Waals surface area contributed by atoms with Gasteiger partial charge in [-0.25, -0.2) is 14.6 Å². The van der Waals surface area contributed by atoms with Gasteiger partial charge in [0.15, 0.2) is 0 Å². The molecule has 1 N–H and O–H groups in total. The average Bonchev–Trinajstić information content (AvgIpc) is 3.32. The fourth-order valence-electron chi connectivity index (χ4n) is 2.69. The van der Waals surface area contributed by atoms with Crippen molar-refractivity contribution in [2.75, 3.05) is 5.32 Å². The van der Waals surface area contributed by atoms with Gasteiger partial charge in [-0.2, -0.15) is 5.10 Å². The number of nitrogens with zero attached hydrogens (tertiary/aromatic N) is 4. The molecule has 0 bridgehead atoms. The number of hydrogen-bond donors (Lipinski definition) is 1. The van der Waals surface area contributed by atoms with E-state index in [1.807, 2.05) is 42.5 Å². The monoisotopic (exact) mass is 363 g/mol. The van der Waals surface area contributed by atoms with Crippen molar-refractivity contribution in [1.29, 1.82) is 0 Å². The van der Waals surface area contributed by atoms with Gasteiger partial charge in [0, 0.05) is 12.1 Å². The molecule has 0 spiro atoms. The standard InChI is InChI=1S/C19H17N5OS/c25-18(6-3-7-19-23-16-4-1-2-5-17(16)26-19)22-14-8-10-15(11-9-14)24-13-20-12-21-24/h1-2,4-5,8-13H,3,6-7H2,(H,22,25). The van der Waals surface area contributed by atoms with Crippen LogP contribution in [0.3, 0.4) is 0 Å². The second-order valence-electron chi connectivity index (χ2n) is 5.86. The lowest BCUT2D eigenvalue weighted by atomic mass is 10.2. The van der Waals surface area contributed by atoms with E-state index in [0.29, 0.717) is 6.42 Å². The second-order valence-corrected chi connectivity index (χ2v) is 6.98. The van der Waals surface area contributed by atoms with Gasteiger partial charge in [0.2, 0.25) is 5.91 Å². The van der Waals surface area contributed by atoms with Crippen molar-refractivity contribution in [1.82, 2.24) is 19.7 Å². The van der Waals surface area contributed by atoms with Crippen LogP contribution in [0, 0.1) is 0 Å². The highest BCUT2D eigenvalue weighted by molar-refractivity contribution is 7.18. The summed E-state index contributed by atoms with van der Waals surface area (Å²) in [7, 11) is 0. The molecule has 2 aromatic carbocycles. The molecule has 0 aliphatic carbocycles. The first-order valence-corrected chi connectivity index (χ1v) is 9.19. The first-order valence-electron chi connectivity index (χ1n) is 8.37. The van der Waals surface area contributed by atoms with Crippen LogP contribution in [-0.2, 0) is 11.2 Å². The van der Waals surface area contributed by atoms with Crippen LogP contribution in [0.25, 0.3) is 15.9 Å².